The number of pyridine rings is 1. The molecule has 0 radical (unpaired) electrons. The topological polar surface area (TPSA) is 106 Å². The minimum absolute atomic E-state index is 0.232. The Morgan fingerprint density at radius 2 is 1.80 bits per heavy atom. The Morgan fingerprint density at radius 3 is 2.57 bits per heavy atom. The molecule has 2 N–H and O–H groups in total. The molecule has 4 rings (SSSR count). The number of nitrogens with zero attached hydrogens (tertiary/aromatic N) is 5. The molecule has 0 bridgehead atoms. The summed E-state index contributed by atoms with van der Waals surface area (Å²) in [7, 11) is 1.77. The third-order valence-electron chi connectivity index (χ3n) is 4.81. The molecule has 3 aromatic heterocycles. The number of benzene rings is 1. The minimum Gasteiger partial charge on any atom is -0.357 e. The van der Waals surface area contributed by atoms with Crippen molar-refractivity contribution in [2.24, 2.45) is 0 Å². The number of rotatable bonds is 4. The number of carbonyl (C=O) groups is 1. The van der Waals surface area contributed by atoms with Crippen molar-refractivity contribution < 1.29 is 4.79 Å². The maximum absolute atomic E-state index is 12.6. The number of hydrogen-bond donors (Lipinski definition) is 2. The minimum atomic E-state index is -0.232. The highest BCUT2D eigenvalue weighted by Crippen LogP contribution is 2.31. The lowest BCUT2D eigenvalue weighted by atomic mass is 9.98. The fourth-order valence-electron chi connectivity index (χ4n) is 3.24. The van der Waals surface area contributed by atoms with Crippen molar-refractivity contribution in [1.29, 1.82) is 0 Å². The number of fused-ring (bicyclic) bond motifs is 1. The van der Waals surface area contributed by atoms with Crippen LogP contribution in [-0.2, 0) is 0 Å². The van der Waals surface area contributed by atoms with Crippen molar-refractivity contribution in [3.8, 4) is 11.1 Å². The van der Waals surface area contributed by atoms with Gasteiger partial charge in [0.2, 0.25) is 5.95 Å². The molecule has 0 aliphatic rings. The molecule has 8 nitrogen and oxygen atoms in total. The maximum Gasteiger partial charge on any atom is 0.257 e. The second-order valence-corrected chi connectivity index (χ2v) is 7.05. The summed E-state index contributed by atoms with van der Waals surface area (Å²) in [6, 6.07) is 9.54. The summed E-state index contributed by atoms with van der Waals surface area (Å²) in [5.74, 6) is 0.299. The summed E-state index contributed by atoms with van der Waals surface area (Å²) < 4.78 is 0. The molecule has 0 aliphatic heterocycles. The number of aromatic nitrogens is 5. The monoisotopic (exact) mass is 399 g/mol. The number of aryl methyl sites for hydroxylation is 3. The zero-order valence-corrected chi connectivity index (χ0v) is 17.2. The van der Waals surface area contributed by atoms with Crippen LogP contribution in [0.2, 0.25) is 0 Å². The number of amides is 1. The number of hydrogen-bond acceptors (Lipinski definition) is 7. The summed E-state index contributed by atoms with van der Waals surface area (Å²) in [6.45, 7) is 5.78. The fourth-order valence-corrected chi connectivity index (χ4v) is 3.24. The van der Waals surface area contributed by atoms with Gasteiger partial charge >= 0.3 is 0 Å². The first-order valence-electron chi connectivity index (χ1n) is 9.48. The van der Waals surface area contributed by atoms with Crippen LogP contribution < -0.4 is 10.6 Å². The predicted octanol–water partition coefficient (Wildman–Crippen LogP) is 3.70. The fraction of sp³-hybridized carbons (Fsp3) is 0.182. The van der Waals surface area contributed by atoms with Crippen LogP contribution >= 0.6 is 0 Å². The van der Waals surface area contributed by atoms with Gasteiger partial charge in [0, 0.05) is 35.6 Å². The third-order valence-corrected chi connectivity index (χ3v) is 4.81. The summed E-state index contributed by atoms with van der Waals surface area (Å²) in [5, 5.41) is 14.4. The van der Waals surface area contributed by atoms with Crippen LogP contribution in [0.1, 0.15) is 27.3 Å². The van der Waals surface area contributed by atoms with Crippen LogP contribution in [-0.4, -0.2) is 38.1 Å². The second kappa shape index (κ2) is 7.82. The number of nitrogens with one attached hydrogen (secondary N) is 2. The molecule has 0 saturated carbocycles. The molecule has 4 aromatic rings. The van der Waals surface area contributed by atoms with Gasteiger partial charge < -0.3 is 10.6 Å². The molecule has 8 heteroatoms. The molecule has 0 aliphatic carbocycles. The molecule has 0 spiro atoms. The van der Waals surface area contributed by atoms with Gasteiger partial charge in [-0.1, -0.05) is 6.07 Å². The van der Waals surface area contributed by atoms with Gasteiger partial charge in [-0.05, 0) is 56.2 Å². The smallest absolute Gasteiger partial charge is 0.257 e. The normalized spacial score (nSPS) is 10.8. The Morgan fingerprint density at radius 1 is 0.967 bits per heavy atom. The van der Waals surface area contributed by atoms with E-state index in [1.165, 1.54) is 6.20 Å². The predicted molar refractivity (Wildman–Crippen MR) is 117 cm³/mol. The van der Waals surface area contributed by atoms with Gasteiger partial charge in [0.25, 0.3) is 5.91 Å². The van der Waals surface area contributed by atoms with E-state index in [9.17, 15) is 4.79 Å². The van der Waals surface area contributed by atoms with Crippen LogP contribution in [0.15, 0.2) is 42.7 Å². The van der Waals surface area contributed by atoms with Gasteiger partial charge in [0.05, 0.1) is 17.5 Å². The van der Waals surface area contributed by atoms with Crippen molar-refractivity contribution in [1.82, 2.24) is 25.1 Å². The van der Waals surface area contributed by atoms with E-state index in [-0.39, 0.29) is 5.91 Å². The quantitative estimate of drug-likeness (QED) is 0.539. The van der Waals surface area contributed by atoms with Crippen LogP contribution in [0.4, 0.5) is 11.6 Å². The molecule has 0 atom stereocenters. The van der Waals surface area contributed by atoms with Gasteiger partial charge in [-0.15, -0.1) is 0 Å². The van der Waals surface area contributed by atoms with E-state index in [1.54, 1.807) is 26.2 Å². The summed E-state index contributed by atoms with van der Waals surface area (Å²) in [5.41, 5.74) is 6.36. The average Bonchev–Trinajstić information content (AvgIpc) is 2.74. The molecule has 0 fully saturated rings. The zero-order chi connectivity index (χ0) is 21.3. The molecule has 30 heavy (non-hydrogen) atoms. The van der Waals surface area contributed by atoms with E-state index in [1.807, 2.05) is 38.1 Å². The second-order valence-electron chi connectivity index (χ2n) is 7.05. The Labute approximate surface area is 173 Å². The lowest BCUT2D eigenvalue weighted by molar-refractivity contribution is 0.102. The summed E-state index contributed by atoms with van der Waals surface area (Å²) in [4.78, 5) is 25.9. The van der Waals surface area contributed by atoms with E-state index in [4.69, 9.17) is 0 Å². The molecule has 0 saturated heterocycles. The average molecular weight is 399 g/mol. The van der Waals surface area contributed by atoms with E-state index in [2.05, 4.69) is 35.8 Å². The first-order chi connectivity index (χ1) is 14.4. The summed E-state index contributed by atoms with van der Waals surface area (Å²) >= 11 is 0. The van der Waals surface area contributed by atoms with Crippen LogP contribution in [0.3, 0.4) is 0 Å². The van der Waals surface area contributed by atoms with Crippen molar-refractivity contribution in [3.63, 3.8) is 0 Å². The van der Waals surface area contributed by atoms with Crippen LogP contribution in [0.25, 0.3) is 22.2 Å². The highest BCUT2D eigenvalue weighted by Gasteiger charge is 2.13. The zero-order valence-electron chi connectivity index (χ0n) is 17.2. The van der Waals surface area contributed by atoms with E-state index in [0.29, 0.717) is 28.5 Å². The van der Waals surface area contributed by atoms with Gasteiger partial charge in [-0.2, -0.15) is 15.2 Å². The first-order valence-corrected chi connectivity index (χ1v) is 9.48. The molecule has 0 unspecified atom stereocenters. The van der Waals surface area contributed by atoms with Gasteiger partial charge in [-0.3, -0.25) is 4.79 Å². The van der Waals surface area contributed by atoms with E-state index in [0.717, 1.165) is 27.8 Å². The first kappa shape index (κ1) is 19.4. The molecule has 1 amide bonds. The maximum atomic E-state index is 12.6. The SMILES string of the molecule is CNc1ncc2cc(-c3cc(NC(=O)c4cnnc(C)c4)ccc3C)c(C)nc2n1. The van der Waals surface area contributed by atoms with Crippen molar-refractivity contribution >= 4 is 28.6 Å². The van der Waals surface area contributed by atoms with Crippen molar-refractivity contribution in [3.05, 3.63) is 65.2 Å². The molecular weight excluding hydrogens is 378 g/mol. The largest absolute Gasteiger partial charge is 0.357 e. The lowest BCUT2D eigenvalue weighted by Gasteiger charge is -2.13. The Balaban J connectivity index is 1.71. The van der Waals surface area contributed by atoms with Crippen molar-refractivity contribution in [2.45, 2.75) is 20.8 Å². The number of anilines is 2. The van der Waals surface area contributed by atoms with Crippen molar-refractivity contribution in [2.75, 3.05) is 17.7 Å². The molecule has 150 valence electrons. The Bertz CT molecular complexity index is 1270. The van der Waals surface area contributed by atoms with Gasteiger partial charge in [-0.25, -0.2) is 9.97 Å². The standard InChI is InChI=1S/C22H21N7O/c1-12-5-6-17(27-21(30)16-7-13(2)29-25-11-16)9-18(12)19-8-15-10-24-22(23-4)28-20(15)26-14(19)3/h5-11H,1-4H3,(H,27,30)(H,23,24,26,28). The Kier molecular flexibility index (Phi) is 5.05. The molecule has 1 aromatic carbocycles. The van der Waals surface area contributed by atoms with Crippen LogP contribution in [0, 0.1) is 20.8 Å². The Hall–Kier alpha value is -3.94. The molecular formula is C22H21N7O. The highest BCUT2D eigenvalue weighted by atomic mass is 16.1. The highest BCUT2D eigenvalue weighted by molar-refractivity contribution is 6.04. The van der Waals surface area contributed by atoms with Gasteiger partial charge in [0.1, 0.15) is 0 Å². The lowest BCUT2D eigenvalue weighted by Crippen LogP contribution is -2.13. The van der Waals surface area contributed by atoms with E-state index >= 15 is 0 Å². The van der Waals surface area contributed by atoms with E-state index < -0.39 is 0 Å². The summed E-state index contributed by atoms with van der Waals surface area (Å²) in [6.07, 6.45) is 3.21. The van der Waals surface area contributed by atoms with Crippen LogP contribution in [0.5, 0.6) is 0 Å². The number of carbonyl (C=O) groups excluding carboxylic acids is 1. The third kappa shape index (κ3) is 3.80. The van der Waals surface area contributed by atoms with Gasteiger partial charge in [0.15, 0.2) is 5.65 Å². The molecule has 3 heterocycles.